The molecule has 4 nitrogen and oxygen atoms in total. The minimum Gasteiger partial charge on any atom is -0.361 e. The fraction of sp³-hybridized carbons (Fsp3) is 0. The molecule has 0 saturated heterocycles. The van der Waals surface area contributed by atoms with Crippen molar-refractivity contribution >= 4 is 20.9 Å². The predicted octanol–water partition coefficient (Wildman–Crippen LogP) is 2.48. The first-order valence-corrected chi connectivity index (χ1v) is 7.30. The van der Waals surface area contributed by atoms with Gasteiger partial charge in [0.2, 0.25) is 10.0 Å². The normalized spacial score (nSPS) is 11.8. The van der Waals surface area contributed by atoms with Gasteiger partial charge in [0.1, 0.15) is 0 Å². The Morgan fingerprint density at radius 3 is 2.58 bits per heavy atom. The van der Waals surface area contributed by atoms with Crippen LogP contribution in [0.5, 0.6) is 0 Å². The van der Waals surface area contributed by atoms with Crippen molar-refractivity contribution in [2.75, 3.05) is 0 Å². The number of hydrogen-bond acceptors (Lipinski definition) is 2. The van der Waals surface area contributed by atoms with Crippen LogP contribution in [0.15, 0.2) is 59.6 Å². The lowest BCUT2D eigenvalue weighted by Crippen LogP contribution is -2.13. The van der Waals surface area contributed by atoms with E-state index >= 15 is 0 Å². The number of aromatic nitrogens is 1. The standard InChI is InChI=1S/C14H12N2O2S/c15-19(17,18)14-4-2-1-3-12(14)10-5-6-13-11(9-10)7-8-16-13/h1-9,16H,(H2,15,17,18). The molecule has 3 aromatic rings. The molecular weight excluding hydrogens is 260 g/mol. The van der Waals surface area contributed by atoms with Crippen LogP contribution >= 0.6 is 0 Å². The number of fused-ring (bicyclic) bond motifs is 1. The van der Waals surface area contributed by atoms with Crippen LogP contribution in [0.4, 0.5) is 0 Å². The number of aromatic amines is 1. The Balaban J connectivity index is 2.27. The van der Waals surface area contributed by atoms with Gasteiger partial charge in [-0.1, -0.05) is 24.3 Å². The molecule has 0 fully saturated rings. The summed E-state index contributed by atoms with van der Waals surface area (Å²) in [7, 11) is -3.73. The Hall–Kier alpha value is -2.11. The fourth-order valence-corrected chi connectivity index (χ4v) is 2.93. The van der Waals surface area contributed by atoms with Crippen LogP contribution < -0.4 is 5.14 Å². The molecule has 19 heavy (non-hydrogen) atoms. The van der Waals surface area contributed by atoms with Crippen molar-refractivity contribution in [1.29, 1.82) is 0 Å². The molecule has 0 atom stereocenters. The maximum Gasteiger partial charge on any atom is 0.238 e. The van der Waals surface area contributed by atoms with Crippen molar-refractivity contribution < 1.29 is 8.42 Å². The molecule has 0 bridgehead atoms. The van der Waals surface area contributed by atoms with Crippen molar-refractivity contribution in [3.05, 3.63) is 54.7 Å². The van der Waals surface area contributed by atoms with Gasteiger partial charge < -0.3 is 4.98 Å². The van der Waals surface area contributed by atoms with Crippen molar-refractivity contribution in [2.24, 2.45) is 5.14 Å². The van der Waals surface area contributed by atoms with E-state index in [9.17, 15) is 8.42 Å². The maximum atomic E-state index is 11.6. The average molecular weight is 272 g/mol. The van der Waals surface area contributed by atoms with Crippen LogP contribution in [0.2, 0.25) is 0 Å². The van der Waals surface area contributed by atoms with E-state index in [1.165, 1.54) is 6.07 Å². The molecule has 5 heteroatoms. The summed E-state index contributed by atoms with van der Waals surface area (Å²) in [5, 5.41) is 6.28. The monoisotopic (exact) mass is 272 g/mol. The van der Waals surface area contributed by atoms with Gasteiger partial charge in [0.25, 0.3) is 0 Å². The van der Waals surface area contributed by atoms with Crippen LogP contribution in [-0.2, 0) is 10.0 Å². The Bertz CT molecular complexity index is 851. The first-order chi connectivity index (χ1) is 9.05. The molecule has 2 aromatic carbocycles. The van der Waals surface area contributed by atoms with E-state index in [2.05, 4.69) is 4.98 Å². The Morgan fingerprint density at radius 1 is 1.00 bits per heavy atom. The first kappa shape index (κ1) is 12.0. The second-order valence-corrected chi connectivity index (χ2v) is 5.85. The topological polar surface area (TPSA) is 76.0 Å². The highest BCUT2D eigenvalue weighted by molar-refractivity contribution is 7.89. The quantitative estimate of drug-likeness (QED) is 0.752. The summed E-state index contributed by atoms with van der Waals surface area (Å²) in [4.78, 5) is 3.24. The van der Waals surface area contributed by atoms with Crippen molar-refractivity contribution in [2.45, 2.75) is 4.90 Å². The predicted molar refractivity (Wildman–Crippen MR) is 75.1 cm³/mol. The molecule has 0 radical (unpaired) electrons. The molecular formula is C14H12N2O2S. The smallest absolute Gasteiger partial charge is 0.238 e. The van der Waals surface area contributed by atoms with E-state index < -0.39 is 10.0 Å². The molecule has 1 aromatic heterocycles. The van der Waals surface area contributed by atoms with E-state index in [1.54, 1.807) is 18.2 Å². The maximum absolute atomic E-state index is 11.6. The molecule has 0 saturated carbocycles. The number of sulfonamides is 1. The van der Waals surface area contributed by atoms with Gasteiger partial charge in [-0.2, -0.15) is 0 Å². The lowest BCUT2D eigenvalue weighted by atomic mass is 10.0. The lowest BCUT2D eigenvalue weighted by molar-refractivity contribution is 0.598. The highest BCUT2D eigenvalue weighted by Crippen LogP contribution is 2.28. The third-order valence-corrected chi connectivity index (χ3v) is 4.03. The second-order valence-electron chi connectivity index (χ2n) is 4.32. The Kier molecular flexibility index (Phi) is 2.66. The highest BCUT2D eigenvalue weighted by Gasteiger charge is 2.14. The molecule has 0 aliphatic rings. The van der Waals surface area contributed by atoms with Crippen LogP contribution in [0.1, 0.15) is 0 Å². The first-order valence-electron chi connectivity index (χ1n) is 5.75. The number of H-pyrrole nitrogens is 1. The number of benzene rings is 2. The molecule has 0 amide bonds. The van der Waals surface area contributed by atoms with Crippen molar-refractivity contribution in [1.82, 2.24) is 4.98 Å². The van der Waals surface area contributed by atoms with Gasteiger partial charge in [0.05, 0.1) is 4.90 Å². The van der Waals surface area contributed by atoms with Crippen LogP contribution in [0.25, 0.3) is 22.0 Å². The summed E-state index contributed by atoms with van der Waals surface area (Å²) >= 11 is 0. The van der Waals surface area contributed by atoms with Gasteiger partial charge in [0, 0.05) is 17.3 Å². The molecule has 1 heterocycles. The van der Waals surface area contributed by atoms with Crippen LogP contribution in [0.3, 0.4) is 0 Å². The minimum atomic E-state index is -3.73. The molecule has 0 unspecified atom stereocenters. The van der Waals surface area contributed by atoms with Gasteiger partial charge in [-0.15, -0.1) is 0 Å². The van der Waals surface area contributed by atoms with E-state index in [4.69, 9.17) is 5.14 Å². The van der Waals surface area contributed by atoms with Gasteiger partial charge in [0.15, 0.2) is 0 Å². The number of rotatable bonds is 2. The number of nitrogens with two attached hydrogens (primary N) is 1. The Labute approximate surface area is 110 Å². The van der Waals surface area contributed by atoms with E-state index in [1.807, 2.05) is 30.5 Å². The SMILES string of the molecule is NS(=O)(=O)c1ccccc1-c1ccc2[nH]ccc2c1. The molecule has 0 aliphatic carbocycles. The summed E-state index contributed by atoms with van der Waals surface area (Å²) in [6.07, 6.45) is 1.85. The summed E-state index contributed by atoms with van der Waals surface area (Å²) in [6, 6.07) is 14.4. The average Bonchev–Trinajstić information content (AvgIpc) is 2.85. The second kappa shape index (κ2) is 4.22. The van der Waals surface area contributed by atoms with Crippen molar-refractivity contribution in [3.8, 4) is 11.1 Å². The van der Waals surface area contributed by atoms with Gasteiger partial charge in [-0.3, -0.25) is 0 Å². The van der Waals surface area contributed by atoms with E-state index in [-0.39, 0.29) is 4.90 Å². The van der Waals surface area contributed by atoms with Gasteiger partial charge in [-0.25, -0.2) is 13.6 Å². The zero-order valence-corrected chi connectivity index (χ0v) is 10.8. The zero-order valence-electron chi connectivity index (χ0n) is 10.00. The van der Waals surface area contributed by atoms with Gasteiger partial charge >= 0.3 is 0 Å². The largest absolute Gasteiger partial charge is 0.361 e. The Morgan fingerprint density at radius 2 is 1.79 bits per heavy atom. The molecule has 96 valence electrons. The molecule has 3 rings (SSSR count). The molecule has 0 aliphatic heterocycles. The number of hydrogen-bond donors (Lipinski definition) is 2. The van der Waals surface area contributed by atoms with Crippen LogP contribution in [0, 0.1) is 0 Å². The van der Waals surface area contributed by atoms with Crippen LogP contribution in [-0.4, -0.2) is 13.4 Å². The number of nitrogens with one attached hydrogen (secondary N) is 1. The summed E-state index contributed by atoms with van der Waals surface area (Å²) in [5.74, 6) is 0. The highest BCUT2D eigenvalue weighted by atomic mass is 32.2. The summed E-state index contributed by atoms with van der Waals surface area (Å²) < 4.78 is 23.2. The lowest BCUT2D eigenvalue weighted by Gasteiger charge is -2.07. The third kappa shape index (κ3) is 2.14. The molecule has 0 spiro atoms. The van der Waals surface area contributed by atoms with Gasteiger partial charge in [-0.05, 0) is 35.2 Å². The zero-order chi connectivity index (χ0) is 13.5. The summed E-state index contributed by atoms with van der Waals surface area (Å²) in [5.41, 5.74) is 2.46. The number of primary sulfonamides is 1. The molecule has 3 N–H and O–H groups in total. The third-order valence-electron chi connectivity index (χ3n) is 3.06. The van der Waals surface area contributed by atoms with Crippen molar-refractivity contribution in [3.63, 3.8) is 0 Å². The fourth-order valence-electron chi connectivity index (χ4n) is 2.17. The minimum absolute atomic E-state index is 0.143. The summed E-state index contributed by atoms with van der Waals surface area (Å²) in [6.45, 7) is 0. The van der Waals surface area contributed by atoms with E-state index in [0.717, 1.165) is 16.5 Å². The van der Waals surface area contributed by atoms with E-state index in [0.29, 0.717) is 5.56 Å².